The second-order valence-corrected chi connectivity index (χ2v) is 9.96. The third kappa shape index (κ3) is 2.58. The van der Waals surface area contributed by atoms with Crippen molar-refractivity contribution in [3.63, 3.8) is 0 Å². The van der Waals surface area contributed by atoms with E-state index in [9.17, 15) is 10.2 Å². The molecule has 3 rings (SSSR count). The van der Waals surface area contributed by atoms with E-state index in [0.29, 0.717) is 16.7 Å². The molecule has 3 fully saturated rings. The van der Waals surface area contributed by atoms with Crippen LogP contribution in [0.25, 0.3) is 0 Å². The van der Waals surface area contributed by atoms with Gasteiger partial charge in [-0.15, -0.1) is 0 Å². The van der Waals surface area contributed by atoms with Gasteiger partial charge in [0, 0.05) is 0 Å². The van der Waals surface area contributed by atoms with Gasteiger partial charge in [0.1, 0.15) is 6.10 Å². The third-order valence-corrected chi connectivity index (χ3v) is 8.01. The van der Waals surface area contributed by atoms with Gasteiger partial charge in [0.05, 0.1) is 17.8 Å². The molecule has 1 heterocycles. The molecule has 0 amide bonds. The van der Waals surface area contributed by atoms with E-state index in [4.69, 9.17) is 4.74 Å². The molecule has 0 aromatic heterocycles. The summed E-state index contributed by atoms with van der Waals surface area (Å²) in [6.45, 7) is 11.5. The van der Waals surface area contributed by atoms with Gasteiger partial charge in [-0.2, -0.15) is 0 Å². The Morgan fingerprint density at radius 1 is 0.957 bits per heavy atom. The van der Waals surface area contributed by atoms with E-state index in [1.165, 1.54) is 25.7 Å². The zero-order chi connectivity index (χ0) is 17.1. The predicted octanol–water partition coefficient (Wildman–Crippen LogP) is 3.91. The summed E-state index contributed by atoms with van der Waals surface area (Å²) in [5.41, 5.74) is 0.00907. The smallest absolute Gasteiger partial charge is 0.106 e. The van der Waals surface area contributed by atoms with Gasteiger partial charge in [-0.3, -0.25) is 0 Å². The third-order valence-electron chi connectivity index (χ3n) is 8.01. The van der Waals surface area contributed by atoms with E-state index >= 15 is 0 Å². The normalized spacial score (nSPS) is 50.7. The van der Waals surface area contributed by atoms with Gasteiger partial charge in [-0.1, -0.05) is 27.2 Å². The summed E-state index contributed by atoms with van der Waals surface area (Å²) in [5, 5.41) is 19.7. The Morgan fingerprint density at radius 2 is 1.61 bits per heavy atom. The first-order valence-electron chi connectivity index (χ1n) is 9.57. The lowest BCUT2D eigenvalue weighted by Crippen LogP contribution is -2.64. The number of ether oxygens (including phenoxy) is 1. The quantitative estimate of drug-likeness (QED) is 0.809. The molecule has 1 aliphatic heterocycles. The predicted molar refractivity (Wildman–Crippen MR) is 92.2 cm³/mol. The molecule has 0 aromatic rings. The average molecular weight is 325 g/mol. The van der Waals surface area contributed by atoms with Crippen molar-refractivity contribution in [3.8, 4) is 0 Å². The van der Waals surface area contributed by atoms with Gasteiger partial charge in [0.2, 0.25) is 0 Å². The molecule has 0 bridgehead atoms. The summed E-state index contributed by atoms with van der Waals surface area (Å²) in [4.78, 5) is 0. The average Bonchev–Trinajstić information content (AvgIpc) is 2.44. The van der Waals surface area contributed by atoms with E-state index < -0.39 is 11.7 Å². The highest BCUT2D eigenvalue weighted by atomic mass is 16.5. The highest BCUT2D eigenvalue weighted by Gasteiger charge is 2.62. The van der Waals surface area contributed by atoms with E-state index in [1.54, 1.807) is 0 Å². The largest absolute Gasteiger partial charge is 0.394 e. The lowest BCUT2D eigenvalue weighted by atomic mass is 9.44. The van der Waals surface area contributed by atoms with Crippen LogP contribution in [0.15, 0.2) is 0 Å². The topological polar surface area (TPSA) is 49.7 Å². The molecule has 23 heavy (non-hydrogen) atoms. The maximum absolute atomic E-state index is 10.3. The number of rotatable bonds is 2. The molecule has 0 spiro atoms. The van der Waals surface area contributed by atoms with Crippen LogP contribution >= 0.6 is 0 Å². The Hall–Kier alpha value is -0.120. The molecule has 3 heteroatoms. The zero-order valence-corrected chi connectivity index (χ0v) is 15.7. The van der Waals surface area contributed by atoms with Crippen molar-refractivity contribution < 1.29 is 14.9 Å². The summed E-state index contributed by atoms with van der Waals surface area (Å²) < 4.78 is 6.59. The van der Waals surface area contributed by atoms with Crippen LogP contribution in [0.2, 0.25) is 0 Å². The van der Waals surface area contributed by atoms with Crippen molar-refractivity contribution in [2.45, 2.75) is 96.9 Å². The molecule has 0 radical (unpaired) electrons. The molecule has 2 aliphatic carbocycles. The number of fused-ring (bicyclic) bond motifs is 3. The zero-order valence-electron chi connectivity index (χ0n) is 15.7. The summed E-state index contributed by atoms with van der Waals surface area (Å²) >= 11 is 0. The van der Waals surface area contributed by atoms with Crippen molar-refractivity contribution in [1.82, 2.24) is 0 Å². The van der Waals surface area contributed by atoms with Crippen LogP contribution in [0.3, 0.4) is 0 Å². The first-order chi connectivity index (χ1) is 10.6. The van der Waals surface area contributed by atoms with Gasteiger partial charge in [0.25, 0.3) is 0 Å². The number of aliphatic hydroxyl groups is 2. The lowest BCUT2D eigenvalue weighted by molar-refractivity contribution is -0.287. The van der Waals surface area contributed by atoms with Gasteiger partial charge in [0.15, 0.2) is 0 Å². The fourth-order valence-corrected chi connectivity index (χ4v) is 6.81. The first-order valence-corrected chi connectivity index (χ1v) is 9.57. The second-order valence-electron chi connectivity index (χ2n) is 9.96. The molecule has 1 unspecified atom stereocenters. The minimum absolute atomic E-state index is 0.165. The minimum Gasteiger partial charge on any atom is -0.394 e. The Balaban J connectivity index is 1.90. The van der Waals surface area contributed by atoms with Gasteiger partial charge in [-0.05, 0) is 75.0 Å². The summed E-state index contributed by atoms with van der Waals surface area (Å²) in [6.07, 6.45) is 7.45. The highest BCUT2D eigenvalue weighted by molar-refractivity contribution is 5.11. The van der Waals surface area contributed by atoms with E-state index in [1.807, 2.05) is 6.92 Å². The fraction of sp³-hybridized carbons (Fsp3) is 1.00. The summed E-state index contributed by atoms with van der Waals surface area (Å²) in [6, 6.07) is 0. The van der Waals surface area contributed by atoms with Gasteiger partial charge in [-0.25, -0.2) is 0 Å². The van der Waals surface area contributed by atoms with Crippen LogP contribution in [0.5, 0.6) is 0 Å². The standard InChI is InChI=1S/C20H36O3/c1-17(2)9-6-10-18(3)14(17)7-11-19(4)15(18)8-12-20(5,23-19)16(22)13-21/h14-16,21-22H,6-13H2,1-5H3/t14-,15+,16?,18-,19+,20-/m0/s1. The van der Waals surface area contributed by atoms with Crippen molar-refractivity contribution >= 4 is 0 Å². The van der Waals surface area contributed by atoms with Crippen molar-refractivity contribution in [3.05, 3.63) is 0 Å². The first kappa shape index (κ1) is 17.7. The van der Waals surface area contributed by atoms with Gasteiger partial charge >= 0.3 is 0 Å². The molecule has 3 aliphatic rings. The molecule has 0 aromatic carbocycles. The second kappa shape index (κ2) is 5.44. The Bertz CT molecular complexity index is 462. The molecule has 2 saturated carbocycles. The molecular formula is C20H36O3. The highest BCUT2D eigenvalue weighted by Crippen LogP contribution is 2.65. The minimum atomic E-state index is -0.784. The fourth-order valence-electron chi connectivity index (χ4n) is 6.81. The number of aliphatic hydroxyl groups excluding tert-OH is 2. The Morgan fingerprint density at radius 3 is 2.26 bits per heavy atom. The number of hydrogen-bond acceptors (Lipinski definition) is 3. The SMILES string of the molecule is CC1(C)CCC[C@]2(C)[C@H]3CC[C@@](C)(C(O)CO)O[C@]3(C)CC[C@@H]12. The van der Waals surface area contributed by atoms with Crippen LogP contribution < -0.4 is 0 Å². The van der Waals surface area contributed by atoms with E-state index in [0.717, 1.165) is 25.2 Å². The number of hydrogen-bond donors (Lipinski definition) is 2. The molecule has 6 atom stereocenters. The van der Waals surface area contributed by atoms with Crippen LogP contribution in [-0.4, -0.2) is 34.1 Å². The van der Waals surface area contributed by atoms with Crippen molar-refractivity contribution in [2.75, 3.05) is 6.61 Å². The monoisotopic (exact) mass is 324 g/mol. The summed E-state index contributed by atoms with van der Waals surface area (Å²) in [7, 11) is 0. The van der Waals surface area contributed by atoms with Crippen molar-refractivity contribution in [1.29, 1.82) is 0 Å². The maximum atomic E-state index is 10.3. The molecule has 1 saturated heterocycles. The van der Waals surface area contributed by atoms with Crippen LogP contribution in [0.1, 0.15) is 79.6 Å². The molecule has 2 N–H and O–H groups in total. The van der Waals surface area contributed by atoms with Crippen LogP contribution in [0.4, 0.5) is 0 Å². The Labute approximate surface area is 141 Å². The Kier molecular flexibility index (Phi) is 4.18. The molecule has 134 valence electrons. The van der Waals surface area contributed by atoms with Crippen molar-refractivity contribution in [2.24, 2.45) is 22.7 Å². The van der Waals surface area contributed by atoms with Crippen LogP contribution in [0, 0.1) is 22.7 Å². The molecular weight excluding hydrogens is 288 g/mol. The molecule has 3 nitrogen and oxygen atoms in total. The summed E-state index contributed by atoms with van der Waals surface area (Å²) in [5.74, 6) is 1.34. The lowest BCUT2D eigenvalue weighted by Gasteiger charge is -2.65. The van der Waals surface area contributed by atoms with E-state index in [-0.39, 0.29) is 12.2 Å². The van der Waals surface area contributed by atoms with E-state index in [2.05, 4.69) is 27.7 Å². The van der Waals surface area contributed by atoms with Gasteiger partial charge < -0.3 is 14.9 Å². The maximum Gasteiger partial charge on any atom is 0.106 e. The van der Waals surface area contributed by atoms with Crippen LogP contribution in [-0.2, 0) is 4.74 Å².